The van der Waals surface area contributed by atoms with E-state index in [4.69, 9.17) is 10.3 Å². The predicted octanol–water partition coefficient (Wildman–Crippen LogP) is 2.59. The molecule has 82 valence electrons. The Labute approximate surface area is 98.3 Å². The Morgan fingerprint density at radius 1 is 1.50 bits per heavy atom. The summed E-state index contributed by atoms with van der Waals surface area (Å²) in [6, 6.07) is 4.60. The molecule has 2 rings (SSSR count). The fraction of sp³-hybridized carbons (Fsp3) is 0. The van der Waals surface area contributed by atoms with Gasteiger partial charge in [-0.05, 0) is 28.1 Å². The number of nitrogen functional groups attached to an aromatic ring is 1. The van der Waals surface area contributed by atoms with Crippen LogP contribution in [-0.4, -0.2) is 10.1 Å². The minimum absolute atomic E-state index is 0.0479. The lowest BCUT2D eigenvalue weighted by Gasteiger charge is -1.99. The zero-order valence-corrected chi connectivity index (χ0v) is 9.47. The Morgan fingerprint density at radius 3 is 2.81 bits per heavy atom. The average molecular weight is 284 g/mol. The molecular weight excluding hydrogens is 278 g/mol. The highest BCUT2D eigenvalue weighted by Crippen LogP contribution is 2.32. The van der Waals surface area contributed by atoms with Gasteiger partial charge in [-0.1, -0.05) is 5.16 Å². The second kappa shape index (κ2) is 3.93. The summed E-state index contributed by atoms with van der Waals surface area (Å²) in [7, 11) is 0. The Bertz CT molecular complexity index is 553. The minimum atomic E-state index is -0.486. The number of hydrogen-bond acceptors (Lipinski definition) is 5. The number of nitro groups is 1. The predicted molar refractivity (Wildman–Crippen MR) is 60.7 cm³/mol. The van der Waals surface area contributed by atoms with Gasteiger partial charge >= 0.3 is 0 Å². The van der Waals surface area contributed by atoms with Crippen molar-refractivity contribution in [3.05, 3.63) is 39.0 Å². The lowest BCUT2D eigenvalue weighted by atomic mass is 10.1. The summed E-state index contributed by atoms with van der Waals surface area (Å²) in [5, 5.41) is 14.2. The number of aromatic nitrogens is 1. The van der Waals surface area contributed by atoms with Gasteiger partial charge in [0.1, 0.15) is 5.69 Å². The van der Waals surface area contributed by atoms with Crippen LogP contribution >= 0.6 is 15.9 Å². The molecule has 2 aromatic rings. The smallest absolute Gasteiger partial charge is 0.284 e. The number of hydrogen-bond donors (Lipinski definition) is 1. The van der Waals surface area contributed by atoms with Crippen molar-refractivity contribution >= 4 is 27.3 Å². The monoisotopic (exact) mass is 283 g/mol. The van der Waals surface area contributed by atoms with Gasteiger partial charge in [-0.15, -0.1) is 0 Å². The number of anilines is 1. The van der Waals surface area contributed by atoms with E-state index in [9.17, 15) is 10.1 Å². The maximum absolute atomic E-state index is 10.7. The largest absolute Gasteiger partial charge is 0.394 e. The van der Waals surface area contributed by atoms with Crippen LogP contribution in [0.2, 0.25) is 0 Å². The van der Waals surface area contributed by atoms with Gasteiger partial charge in [0.2, 0.25) is 0 Å². The van der Waals surface area contributed by atoms with Gasteiger partial charge in [0.25, 0.3) is 5.69 Å². The van der Waals surface area contributed by atoms with Gasteiger partial charge in [-0.2, -0.15) is 0 Å². The van der Waals surface area contributed by atoms with Crippen LogP contribution in [0.3, 0.4) is 0 Å². The average Bonchev–Trinajstić information content (AvgIpc) is 2.65. The Kier molecular flexibility index (Phi) is 2.61. The topological polar surface area (TPSA) is 95.2 Å². The van der Waals surface area contributed by atoms with Gasteiger partial charge in [-0.25, -0.2) is 0 Å². The first kappa shape index (κ1) is 10.6. The zero-order chi connectivity index (χ0) is 11.7. The van der Waals surface area contributed by atoms with Gasteiger partial charge in [0, 0.05) is 11.6 Å². The van der Waals surface area contributed by atoms with E-state index < -0.39 is 4.92 Å². The number of benzene rings is 1. The second-order valence-corrected chi connectivity index (χ2v) is 3.89. The van der Waals surface area contributed by atoms with Crippen molar-refractivity contribution in [2.45, 2.75) is 0 Å². The van der Waals surface area contributed by atoms with Gasteiger partial charge in [-0.3, -0.25) is 10.1 Å². The molecule has 0 atom stereocenters. The lowest BCUT2D eigenvalue weighted by Crippen LogP contribution is -1.91. The summed E-state index contributed by atoms with van der Waals surface area (Å²) in [6.07, 6.45) is 1.35. The van der Waals surface area contributed by atoms with Crippen LogP contribution in [0, 0.1) is 10.1 Å². The third kappa shape index (κ3) is 1.76. The van der Waals surface area contributed by atoms with Crippen LogP contribution < -0.4 is 5.73 Å². The first-order chi connectivity index (χ1) is 7.59. The SMILES string of the molecule is Nc1cnoc1-c1ccc(Br)c([N+](=O)[O-])c1. The van der Waals surface area contributed by atoms with Crippen molar-refractivity contribution in [3.63, 3.8) is 0 Å². The summed E-state index contributed by atoms with van der Waals surface area (Å²) in [6.45, 7) is 0. The number of nitrogens with two attached hydrogens (primary N) is 1. The molecule has 1 aromatic carbocycles. The van der Waals surface area contributed by atoms with E-state index in [1.54, 1.807) is 12.1 Å². The molecule has 7 heteroatoms. The number of rotatable bonds is 2. The molecule has 0 fully saturated rings. The molecule has 0 amide bonds. The molecule has 0 bridgehead atoms. The molecule has 0 radical (unpaired) electrons. The first-order valence-corrected chi connectivity index (χ1v) is 5.03. The van der Waals surface area contributed by atoms with E-state index in [-0.39, 0.29) is 5.69 Å². The van der Waals surface area contributed by atoms with E-state index in [1.165, 1.54) is 12.3 Å². The highest BCUT2D eigenvalue weighted by atomic mass is 79.9. The zero-order valence-electron chi connectivity index (χ0n) is 7.88. The van der Waals surface area contributed by atoms with Crippen LogP contribution in [0.5, 0.6) is 0 Å². The molecule has 0 saturated carbocycles. The van der Waals surface area contributed by atoms with Gasteiger partial charge < -0.3 is 10.3 Å². The highest BCUT2D eigenvalue weighted by Gasteiger charge is 2.16. The summed E-state index contributed by atoms with van der Waals surface area (Å²) in [5.41, 5.74) is 6.41. The standard InChI is InChI=1S/C9H6BrN3O3/c10-6-2-1-5(3-8(6)13(14)15)9-7(11)4-12-16-9/h1-4H,11H2. The minimum Gasteiger partial charge on any atom is -0.394 e. The van der Waals surface area contributed by atoms with Crippen LogP contribution in [0.25, 0.3) is 11.3 Å². The summed E-state index contributed by atoms with van der Waals surface area (Å²) >= 11 is 3.09. The Balaban J connectivity index is 2.56. The third-order valence-corrected chi connectivity index (χ3v) is 2.67. The quantitative estimate of drug-likeness (QED) is 0.675. The second-order valence-electron chi connectivity index (χ2n) is 3.03. The molecule has 2 N–H and O–H groups in total. The van der Waals surface area contributed by atoms with Crippen molar-refractivity contribution in [1.29, 1.82) is 0 Å². The summed E-state index contributed by atoms with van der Waals surface area (Å²) < 4.78 is 5.31. The van der Waals surface area contributed by atoms with Crippen LogP contribution in [-0.2, 0) is 0 Å². The fourth-order valence-corrected chi connectivity index (χ4v) is 1.65. The Morgan fingerprint density at radius 2 is 2.25 bits per heavy atom. The normalized spacial score (nSPS) is 10.3. The molecular formula is C9H6BrN3O3. The molecule has 6 nitrogen and oxygen atoms in total. The summed E-state index contributed by atoms with van der Waals surface area (Å²) in [5.74, 6) is 0.329. The number of halogens is 1. The van der Waals surface area contributed by atoms with E-state index in [0.29, 0.717) is 21.5 Å². The molecule has 0 saturated heterocycles. The van der Waals surface area contributed by atoms with E-state index >= 15 is 0 Å². The Hall–Kier alpha value is -1.89. The van der Waals surface area contributed by atoms with Crippen molar-refractivity contribution < 1.29 is 9.45 Å². The summed E-state index contributed by atoms with van der Waals surface area (Å²) in [4.78, 5) is 10.2. The van der Waals surface area contributed by atoms with Gasteiger partial charge in [0.15, 0.2) is 5.76 Å². The molecule has 0 unspecified atom stereocenters. The van der Waals surface area contributed by atoms with Crippen LogP contribution in [0.4, 0.5) is 11.4 Å². The number of nitro benzene ring substituents is 1. The van der Waals surface area contributed by atoms with Crippen LogP contribution in [0.15, 0.2) is 33.4 Å². The molecule has 1 heterocycles. The van der Waals surface area contributed by atoms with E-state index in [1.807, 2.05) is 0 Å². The first-order valence-electron chi connectivity index (χ1n) is 4.24. The lowest BCUT2D eigenvalue weighted by molar-refractivity contribution is -0.385. The number of nitrogens with zero attached hydrogens (tertiary/aromatic N) is 2. The molecule has 0 spiro atoms. The van der Waals surface area contributed by atoms with Gasteiger partial charge in [0.05, 0.1) is 15.6 Å². The highest BCUT2D eigenvalue weighted by molar-refractivity contribution is 9.10. The molecule has 0 aliphatic carbocycles. The molecule has 1 aromatic heterocycles. The maximum atomic E-state index is 10.7. The van der Waals surface area contributed by atoms with E-state index in [0.717, 1.165) is 0 Å². The molecule has 0 aliphatic heterocycles. The van der Waals surface area contributed by atoms with Crippen molar-refractivity contribution in [2.75, 3.05) is 5.73 Å². The van der Waals surface area contributed by atoms with Crippen molar-refractivity contribution in [3.8, 4) is 11.3 Å². The van der Waals surface area contributed by atoms with E-state index in [2.05, 4.69) is 21.1 Å². The van der Waals surface area contributed by atoms with Crippen molar-refractivity contribution in [1.82, 2.24) is 5.16 Å². The molecule has 0 aliphatic rings. The maximum Gasteiger partial charge on any atom is 0.284 e. The van der Waals surface area contributed by atoms with Crippen molar-refractivity contribution in [2.24, 2.45) is 0 Å². The molecule has 16 heavy (non-hydrogen) atoms. The van der Waals surface area contributed by atoms with Crippen LogP contribution in [0.1, 0.15) is 0 Å². The fourth-order valence-electron chi connectivity index (χ4n) is 1.26. The third-order valence-electron chi connectivity index (χ3n) is 2.00.